The Bertz CT molecular complexity index is 350. The van der Waals surface area contributed by atoms with E-state index < -0.39 is 5.60 Å². The second-order valence-corrected chi connectivity index (χ2v) is 6.56. The maximum absolute atomic E-state index is 11.9. The van der Waals surface area contributed by atoms with Crippen molar-refractivity contribution in [3.8, 4) is 0 Å². The molecule has 0 atom stereocenters. The molecule has 0 saturated carbocycles. The lowest BCUT2D eigenvalue weighted by Gasteiger charge is -2.33. The van der Waals surface area contributed by atoms with E-state index in [0.29, 0.717) is 25.5 Å². The number of likely N-dealkylation sites (tertiary alicyclic amines) is 1. The summed E-state index contributed by atoms with van der Waals surface area (Å²) < 4.78 is 5.33. The number of ether oxygens (including phenoxy) is 1. The van der Waals surface area contributed by atoms with Crippen LogP contribution in [0.15, 0.2) is 0 Å². The zero-order chi connectivity index (χ0) is 15.9. The first-order valence-corrected chi connectivity index (χ1v) is 7.93. The van der Waals surface area contributed by atoms with Gasteiger partial charge >= 0.3 is 12.1 Å². The Labute approximate surface area is 131 Å². The average Bonchev–Trinajstić information content (AvgIpc) is 2.38. The maximum atomic E-state index is 11.9. The molecule has 1 saturated heterocycles. The molecule has 122 valence electrons. The first kappa shape index (κ1) is 17.9. The van der Waals surface area contributed by atoms with Gasteiger partial charge in [0.15, 0.2) is 0 Å². The van der Waals surface area contributed by atoms with Crippen LogP contribution in [0.5, 0.6) is 0 Å². The van der Waals surface area contributed by atoms with Gasteiger partial charge in [-0.15, -0.1) is 11.6 Å². The number of piperidine rings is 1. The normalized spacial score (nSPS) is 16.5. The molecule has 21 heavy (non-hydrogen) atoms. The van der Waals surface area contributed by atoms with Crippen molar-refractivity contribution in [2.45, 2.75) is 51.7 Å². The Balaban J connectivity index is 2.26. The predicted octanol–water partition coefficient (Wildman–Crippen LogP) is 2.31. The lowest BCUT2D eigenvalue weighted by molar-refractivity contribution is 0.0201. The van der Waals surface area contributed by atoms with Crippen LogP contribution in [0.3, 0.4) is 0 Å². The second-order valence-electron chi connectivity index (χ2n) is 6.18. The first-order valence-electron chi connectivity index (χ1n) is 7.40. The highest BCUT2D eigenvalue weighted by Crippen LogP contribution is 2.15. The van der Waals surface area contributed by atoms with Crippen molar-refractivity contribution < 1.29 is 14.3 Å². The molecular weight excluding hydrogens is 294 g/mol. The van der Waals surface area contributed by atoms with Gasteiger partial charge in [0.05, 0.1) is 0 Å². The molecule has 2 N–H and O–H groups in total. The monoisotopic (exact) mass is 319 g/mol. The van der Waals surface area contributed by atoms with E-state index in [-0.39, 0.29) is 18.2 Å². The van der Waals surface area contributed by atoms with Crippen molar-refractivity contribution in [3.63, 3.8) is 0 Å². The van der Waals surface area contributed by atoms with Crippen molar-refractivity contribution in [1.29, 1.82) is 0 Å². The van der Waals surface area contributed by atoms with Crippen LogP contribution in [0.25, 0.3) is 0 Å². The van der Waals surface area contributed by atoms with E-state index in [1.165, 1.54) is 0 Å². The van der Waals surface area contributed by atoms with E-state index in [1.807, 2.05) is 20.8 Å². The van der Waals surface area contributed by atoms with E-state index in [2.05, 4.69) is 10.6 Å². The van der Waals surface area contributed by atoms with Crippen LogP contribution in [0.4, 0.5) is 9.59 Å². The molecule has 1 rings (SSSR count). The van der Waals surface area contributed by atoms with Crippen LogP contribution in [0, 0.1) is 0 Å². The minimum atomic E-state index is -0.478. The molecule has 1 aliphatic heterocycles. The van der Waals surface area contributed by atoms with Gasteiger partial charge in [0.2, 0.25) is 0 Å². The molecule has 0 aromatic heterocycles. The summed E-state index contributed by atoms with van der Waals surface area (Å²) in [5.74, 6) is 0.536. The number of hydrogen-bond acceptors (Lipinski definition) is 3. The third-order valence-corrected chi connectivity index (χ3v) is 3.35. The molecule has 0 bridgehead atoms. The SMILES string of the molecule is CC(C)(C)OC(=O)N1CCC(NC(=O)NCCCCl)CC1. The third-order valence-electron chi connectivity index (χ3n) is 3.08. The quantitative estimate of drug-likeness (QED) is 0.617. The molecule has 0 aliphatic carbocycles. The number of nitrogens with one attached hydrogen (secondary N) is 2. The minimum Gasteiger partial charge on any atom is -0.444 e. The fourth-order valence-electron chi connectivity index (χ4n) is 2.04. The lowest BCUT2D eigenvalue weighted by atomic mass is 10.1. The van der Waals surface area contributed by atoms with Gasteiger partial charge in [-0.25, -0.2) is 9.59 Å². The Kier molecular flexibility index (Phi) is 7.08. The molecule has 0 radical (unpaired) electrons. The van der Waals surface area contributed by atoms with E-state index in [9.17, 15) is 9.59 Å². The van der Waals surface area contributed by atoms with Crippen LogP contribution in [0.2, 0.25) is 0 Å². The van der Waals surface area contributed by atoms with Crippen molar-refractivity contribution in [2.24, 2.45) is 0 Å². The number of nitrogens with zero attached hydrogens (tertiary/aromatic N) is 1. The van der Waals surface area contributed by atoms with Crippen LogP contribution >= 0.6 is 11.6 Å². The van der Waals surface area contributed by atoms with Gasteiger partial charge in [-0.05, 0) is 40.0 Å². The lowest BCUT2D eigenvalue weighted by Crippen LogP contribution is -2.50. The van der Waals surface area contributed by atoms with Crippen molar-refractivity contribution in [2.75, 3.05) is 25.5 Å². The molecule has 0 unspecified atom stereocenters. The van der Waals surface area contributed by atoms with Crippen LogP contribution in [-0.4, -0.2) is 54.2 Å². The van der Waals surface area contributed by atoms with Gasteiger partial charge in [0, 0.05) is 31.6 Å². The summed E-state index contributed by atoms with van der Waals surface area (Å²) in [5.41, 5.74) is -0.478. The standard InChI is InChI=1S/C14H26ClN3O3/c1-14(2,3)21-13(20)18-9-5-11(6-10-18)17-12(19)16-8-4-7-15/h11H,4-10H2,1-3H3,(H2,16,17,19). The summed E-state index contributed by atoms with van der Waals surface area (Å²) in [6.07, 6.45) is 1.95. The molecule has 1 heterocycles. The smallest absolute Gasteiger partial charge is 0.410 e. The minimum absolute atomic E-state index is 0.0969. The van der Waals surface area contributed by atoms with Gasteiger partial charge in [-0.3, -0.25) is 0 Å². The van der Waals surface area contributed by atoms with E-state index in [1.54, 1.807) is 4.90 Å². The van der Waals surface area contributed by atoms with Crippen LogP contribution in [0.1, 0.15) is 40.0 Å². The number of rotatable bonds is 4. The van der Waals surface area contributed by atoms with E-state index >= 15 is 0 Å². The van der Waals surface area contributed by atoms with Crippen LogP contribution in [-0.2, 0) is 4.74 Å². The number of carbonyl (C=O) groups excluding carboxylic acids is 2. The summed E-state index contributed by atoms with van der Waals surface area (Å²) in [5, 5.41) is 5.67. The number of amides is 3. The fraction of sp³-hybridized carbons (Fsp3) is 0.857. The largest absolute Gasteiger partial charge is 0.444 e. The number of alkyl halides is 1. The topological polar surface area (TPSA) is 70.7 Å². The summed E-state index contributed by atoms with van der Waals surface area (Å²) in [4.78, 5) is 25.2. The van der Waals surface area contributed by atoms with Gasteiger partial charge in [-0.1, -0.05) is 0 Å². The second kappa shape index (κ2) is 8.32. The zero-order valence-corrected chi connectivity index (χ0v) is 13.8. The Morgan fingerprint density at radius 2 is 1.90 bits per heavy atom. The van der Waals surface area contributed by atoms with Gasteiger partial charge in [0.25, 0.3) is 0 Å². The molecular formula is C14H26ClN3O3. The van der Waals surface area contributed by atoms with Crippen molar-refractivity contribution in [3.05, 3.63) is 0 Å². The molecule has 3 amide bonds. The molecule has 0 aromatic carbocycles. The first-order chi connectivity index (χ1) is 9.81. The fourth-order valence-corrected chi connectivity index (χ4v) is 2.17. The highest BCUT2D eigenvalue weighted by Gasteiger charge is 2.27. The number of hydrogen-bond donors (Lipinski definition) is 2. The summed E-state index contributed by atoms with van der Waals surface area (Å²) in [6.45, 7) is 7.33. The highest BCUT2D eigenvalue weighted by molar-refractivity contribution is 6.17. The third kappa shape index (κ3) is 7.41. The molecule has 1 fully saturated rings. The Hall–Kier alpha value is -1.17. The van der Waals surface area contributed by atoms with Gasteiger partial charge in [-0.2, -0.15) is 0 Å². The Morgan fingerprint density at radius 1 is 1.29 bits per heavy atom. The van der Waals surface area contributed by atoms with Gasteiger partial charge < -0.3 is 20.3 Å². The zero-order valence-electron chi connectivity index (χ0n) is 13.1. The molecule has 0 spiro atoms. The van der Waals surface area contributed by atoms with Gasteiger partial charge in [0.1, 0.15) is 5.60 Å². The molecule has 6 nitrogen and oxygen atoms in total. The van der Waals surface area contributed by atoms with Crippen LogP contribution < -0.4 is 10.6 Å². The summed E-state index contributed by atoms with van der Waals surface area (Å²) in [6, 6.07) is -0.0736. The summed E-state index contributed by atoms with van der Waals surface area (Å²) in [7, 11) is 0. The molecule has 1 aliphatic rings. The van der Waals surface area contributed by atoms with E-state index in [0.717, 1.165) is 19.3 Å². The van der Waals surface area contributed by atoms with Crippen molar-refractivity contribution in [1.82, 2.24) is 15.5 Å². The molecule has 0 aromatic rings. The number of urea groups is 1. The number of carbonyl (C=O) groups is 2. The number of halogens is 1. The predicted molar refractivity (Wildman–Crippen MR) is 82.7 cm³/mol. The highest BCUT2D eigenvalue weighted by atomic mass is 35.5. The Morgan fingerprint density at radius 3 is 2.43 bits per heavy atom. The van der Waals surface area contributed by atoms with Crippen molar-refractivity contribution >= 4 is 23.7 Å². The summed E-state index contributed by atoms with van der Waals surface area (Å²) >= 11 is 5.55. The molecule has 7 heteroatoms. The average molecular weight is 320 g/mol. The maximum Gasteiger partial charge on any atom is 0.410 e. The van der Waals surface area contributed by atoms with E-state index in [4.69, 9.17) is 16.3 Å².